The Morgan fingerprint density at radius 3 is 3.22 bits per heavy atom. The Morgan fingerprint density at radius 2 is 2.50 bits per heavy atom. The number of rotatable bonds is 5. The molecule has 1 N–H and O–H groups in total. The van der Waals surface area contributed by atoms with E-state index in [1.165, 1.54) is 6.08 Å². The molecule has 0 spiro atoms. The molecule has 0 aliphatic carbocycles. The van der Waals surface area contributed by atoms with Crippen LogP contribution in [0.5, 0.6) is 0 Å². The maximum absolute atomic E-state index is 11.6. The van der Waals surface area contributed by atoms with Crippen molar-refractivity contribution in [1.29, 1.82) is 0 Å². The van der Waals surface area contributed by atoms with E-state index < -0.39 is 0 Å². The van der Waals surface area contributed by atoms with Crippen LogP contribution in [0.1, 0.15) is 19.1 Å². The topological polar surface area (TPSA) is 85.8 Å². The van der Waals surface area contributed by atoms with Gasteiger partial charge in [-0.2, -0.15) is 0 Å². The normalized spacial score (nSPS) is 10.9. The minimum Gasteiger partial charge on any atom is -0.465 e. The largest absolute Gasteiger partial charge is 0.465 e. The smallest absolute Gasteiger partial charge is 0.250 e. The molecule has 0 aliphatic heterocycles. The van der Waals surface area contributed by atoms with E-state index in [9.17, 15) is 4.79 Å². The molecule has 7 heteroatoms. The molecular formula is C11H13N5O2. The second-order valence-electron chi connectivity index (χ2n) is 3.56. The van der Waals surface area contributed by atoms with Gasteiger partial charge in [0.25, 0.3) is 5.91 Å². The fourth-order valence-electron chi connectivity index (χ4n) is 1.35. The van der Waals surface area contributed by atoms with Gasteiger partial charge >= 0.3 is 0 Å². The van der Waals surface area contributed by atoms with Crippen molar-refractivity contribution in [3.8, 4) is 0 Å². The number of nitrogens with one attached hydrogen (secondary N) is 1. The first-order valence-electron chi connectivity index (χ1n) is 5.58. The van der Waals surface area contributed by atoms with Crippen molar-refractivity contribution in [3.05, 3.63) is 30.2 Å². The van der Waals surface area contributed by atoms with Gasteiger partial charge in [0, 0.05) is 12.6 Å². The molecule has 18 heavy (non-hydrogen) atoms. The van der Waals surface area contributed by atoms with Crippen LogP contribution in [0.15, 0.2) is 28.9 Å². The summed E-state index contributed by atoms with van der Waals surface area (Å²) in [6.07, 6.45) is 5.36. The van der Waals surface area contributed by atoms with Gasteiger partial charge in [-0.3, -0.25) is 10.1 Å². The average Bonchev–Trinajstić information content (AvgIpc) is 2.99. The minimum absolute atomic E-state index is 0.307. The van der Waals surface area contributed by atoms with E-state index in [-0.39, 0.29) is 5.91 Å². The van der Waals surface area contributed by atoms with Crippen LogP contribution >= 0.6 is 0 Å². The monoisotopic (exact) mass is 247 g/mol. The number of amides is 1. The van der Waals surface area contributed by atoms with Gasteiger partial charge < -0.3 is 4.42 Å². The van der Waals surface area contributed by atoms with Gasteiger partial charge in [0.1, 0.15) is 5.76 Å². The Labute approximate surface area is 103 Å². The van der Waals surface area contributed by atoms with Crippen LogP contribution in [0.25, 0.3) is 6.08 Å². The fourth-order valence-corrected chi connectivity index (χ4v) is 1.35. The highest BCUT2D eigenvalue weighted by Crippen LogP contribution is 2.04. The van der Waals surface area contributed by atoms with Crippen molar-refractivity contribution in [1.82, 2.24) is 20.2 Å². The van der Waals surface area contributed by atoms with E-state index in [0.29, 0.717) is 18.3 Å². The Balaban J connectivity index is 1.96. The first-order chi connectivity index (χ1) is 8.79. The Bertz CT molecular complexity index is 529. The number of nitrogens with zero attached hydrogens (tertiary/aromatic N) is 4. The summed E-state index contributed by atoms with van der Waals surface area (Å²) >= 11 is 0. The molecular weight excluding hydrogens is 234 g/mol. The summed E-state index contributed by atoms with van der Waals surface area (Å²) in [5, 5.41) is 13.6. The lowest BCUT2D eigenvalue weighted by Crippen LogP contribution is -2.14. The molecule has 0 aliphatic rings. The van der Waals surface area contributed by atoms with Gasteiger partial charge in [-0.05, 0) is 35.1 Å². The van der Waals surface area contributed by atoms with Crippen LogP contribution in [0, 0.1) is 0 Å². The zero-order valence-corrected chi connectivity index (χ0v) is 9.91. The number of anilines is 1. The lowest BCUT2D eigenvalue weighted by Gasteiger charge is -2.01. The van der Waals surface area contributed by atoms with E-state index in [1.807, 2.05) is 6.92 Å². The summed E-state index contributed by atoms with van der Waals surface area (Å²) in [5.74, 6) is 0.641. The first-order valence-corrected chi connectivity index (χ1v) is 5.58. The molecule has 2 rings (SSSR count). The molecule has 2 aromatic rings. The van der Waals surface area contributed by atoms with Gasteiger partial charge in [-0.25, -0.2) is 4.68 Å². The highest BCUT2D eigenvalue weighted by Gasteiger charge is 2.07. The number of aryl methyl sites for hydroxylation is 1. The van der Waals surface area contributed by atoms with Gasteiger partial charge in [-0.15, -0.1) is 0 Å². The molecule has 0 atom stereocenters. The summed E-state index contributed by atoms with van der Waals surface area (Å²) in [6, 6.07) is 3.50. The predicted octanol–water partition coefficient (Wildman–Crippen LogP) is 1.33. The van der Waals surface area contributed by atoms with E-state index in [1.54, 1.807) is 29.2 Å². The fraction of sp³-hybridized carbons (Fsp3) is 0.273. The Morgan fingerprint density at radius 1 is 1.61 bits per heavy atom. The summed E-state index contributed by atoms with van der Waals surface area (Å²) < 4.78 is 6.61. The van der Waals surface area contributed by atoms with Gasteiger partial charge in [-0.1, -0.05) is 12.0 Å². The molecule has 0 fully saturated rings. The summed E-state index contributed by atoms with van der Waals surface area (Å²) in [7, 11) is 0. The second kappa shape index (κ2) is 5.76. The van der Waals surface area contributed by atoms with Crippen molar-refractivity contribution in [2.24, 2.45) is 0 Å². The molecule has 2 heterocycles. The molecule has 7 nitrogen and oxygen atoms in total. The molecule has 0 aromatic carbocycles. The number of tetrazole rings is 1. The standard InChI is InChI=1S/C11H13N5O2/c1-2-7-16-11(13-14-15-16)12-10(17)6-5-9-4-3-8-18-9/h3-6,8H,2,7H2,1H3,(H,12,13,15,17). The number of carbonyl (C=O) groups excluding carboxylic acids is 1. The number of carbonyl (C=O) groups is 1. The zero-order valence-electron chi connectivity index (χ0n) is 9.91. The third-order valence-corrected chi connectivity index (χ3v) is 2.14. The molecule has 0 unspecified atom stereocenters. The molecule has 2 aromatic heterocycles. The van der Waals surface area contributed by atoms with Gasteiger partial charge in [0.2, 0.25) is 5.95 Å². The maximum Gasteiger partial charge on any atom is 0.250 e. The van der Waals surface area contributed by atoms with Crippen LogP contribution in [0.3, 0.4) is 0 Å². The molecule has 0 saturated heterocycles. The van der Waals surface area contributed by atoms with Crippen molar-refractivity contribution in [3.63, 3.8) is 0 Å². The van der Waals surface area contributed by atoms with Crippen molar-refractivity contribution >= 4 is 17.9 Å². The predicted molar refractivity (Wildman–Crippen MR) is 64.5 cm³/mol. The lowest BCUT2D eigenvalue weighted by molar-refractivity contribution is -0.111. The third kappa shape index (κ3) is 3.03. The molecule has 0 saturated carbocycles. The second-order valence-corrected chi connectivity index (χ2v) is 3.56. The first kappa shape index (κ1) is 12.0. The van der Waals surface area contributed by atoms with Crippen LogP contribution in [0.2, 0.25) is 0 Å². The van der Waals surface area contributed by atoms with E-state index in [4.69, 9.17) is 4.42 Å². The SMILES string of the molecule is CCCn1nnnc1NC(=O)C=Cc1ccco1. The maximum atomic E-state index is 11.6. The van der Waals surface area contributed by atoms with E-state index in [0.717, 1.165) is 6.42 Å². The number of aromatic nitrogens is 4. The van der Waals surface area contributed by atoms with Crippen LogP contribution in [0.4, 0.5) is 5.95 Å². The van der Waals surface area contributed by atoms with Crippen molar-refractivity contribution in [2.75, 3.05) is 5.32 Å². The lowest BCUT2D eigenvalue weighted by atomic mass is 10.4. The molecule has 0 bridgehead atoms. The Hall–Kier alpha value is -2.44. The van der Waals surface area contributed by atoms with Crippen LogP contribution in [-0.4, -0.2) is 26.1 Å². The van der Waals surface area contributed by atoms with E-state index >= 15 is 0 Å². The highest BCUT2D eigenvalue weighted by molar-refractivity contribution is 6.00. The van der Waals surface area contributed by atoms with Gasteiger partial charge in [0.05, 0.1) is 6.26 Å². The van der Waals surface area contributed by atoms with Crippen molar-refractivity contribution in [2.45, 2.75) is 19.9 Å². The molecule has 0 radical (unpaired) electrons. The summed E-state index contributed by atoms with van der Waals surface area (Å²) in [5.41, 5.74) is 0. The zero-order chi connectivity index (χ0) is 12.8. The minimum atomic E-state index is -0.307. The van der Waals surface area contributed by atoms with E-state index in [2.05, 4.69) is 20.8 Å². The van der Waals surface area contributed by atoms with Crippen LogP contribution in [-0.2, 0) is 11.3 Å². The third-order valence-electron chi connectivity index (χ3n) is 2.14. The number of furan rings is 1. The average molecular weight is 247 g/mol. The van der Waals surface area contributed by atoms with Crippen molar-refractivity contribution < 1.29 is 9.21 Å². The molecule has 1 amide bonds. The van der Waals surface area contributed by atoms with Crippen LogP contribution < -0.4 is 5.32 Å². The summed E-state index contributed by atoms with van der Waals surface area (Å²) in [6.45, 7) is 2.66. The summed E-state index contributed by atoms with van der Waals surface area (Å²) in [4.78, 5) is 11.6. The Kier molecular flexibility index (Phi) is 3.85. The quantitative estimate of drug-likeness (QED) is 0.805. The highest BCUT2D eigenvalue weighted by atomic mass is 16.3. The number of hydrogen-bond donors (Lipinski definition) is 1. The van der Waals surface area contributed by atoms with Gasteiger partial charge in [0.15, 0.2) is 0 Å². The number of hydrogen-bond acceptors (Lipinski definition) is 5. The molecule has 94 valence electrons.